The highest BCUT2D eigenvalue weighted by Crippen LogP contribution is 2.43. The van der Waals surface area contributed by atoms with Crippen molar-refractivity contribution in [3.63, 3.8) is 0 Å². The standard InChI is InChI=1S/C21H26N2O6S/c1-14(24)22-15-7-9-20(29-4)21(12-15)30(25,26)23-11-5-6-18(23)17-13-16(27-2)8-10-19(17)28-3/h7-10,12-13,18H,5-6,11H2,1-4H3,(H,22,24)/t18-/m0/s1. The average molecular weight is 435 g/mol. The third-order valence-corrected chi connectivity index (χ3v) is 7.00. The summed E-state index contributed by atoms with van der Waals surface area (Å²) in [5.41, 5.74) is 1.13. The van der Waals surface area contributed by atoms with Gasteiger partial charge >= 0.3 is 0 Å². The van der Waals surface area contributed by atoms with Gasteiger partial charge in [0, 0.05) is 24.7 Å². The summed E-state index contributed by atoms with van der Waals surface area (Å²) in [5, 5.41) is 2.62. The molecule has 162 valence electrons. The number of carbonyl (C=O) groups is 1. The molecule has 9 heteroatoms. The lowest BCUT2D eigenvalue weighted by atomic mass is 10.0. The third kappa shape index (κ3) is 4.22. The molecule has 1 heterocycles. The van der Waals surface area contributed by atoms with Crippen LogP contribution in [-0.2, 0) is 14.8 Å². The Kier molecular flexibility index (Phi) is 6.52. The maximum atomic E-state index is 13.7. The molecule has 1 saturated heterocycles. The second-order valence-electron chi connectivity index (χ2n) is 6.93. The molecule has 1 atom stereocenters. The van der Waals surface area contributed by atoms with E-state index in [9.17, 15) is 13.2 Å². The number of anilines is 1. The van der Waals surface area contributed by atoms with Crippen LogP contribution in [-0.4, -0.2) is 46.5 Å². The first kappa shape index (κ1) is 21.9. The third-order valence-electron chi connectivity index (χ3n) is 5.07. The van der Waals surface area contributed by atoms with Gasteiger partial charge in [-0.05, 0) is 49.2 Å². The van der Waals surface area contributed by atoms with Crippen LogP contribution < -0.4 is 19.5 Å². The Balaban J connectivity index is 2.07. The second-order valence-corrected chi connectivity index (χ2v) is 8.79. The average Bonchev–Trinajstić information content (AvgIpc) is 3.23. The van der Waals surface area contributed by atoms with E-state index in [-0.39, 0.29) is 16.6 Å². The van der Waals surface area contributed by atoms with Gasteiger partial charge in [0.25, 0.3) is 0 Å². The molecule has 1 N–H and O–H groups in total. The number of methoxy groups -OCH3 is 3. The first-order valence-corrected chi connectivity index (χ1v) is 10.9. The smallest absolute Gasteiger partial charge is 0.247 e. The molecule has 2 aromatic carbocycles. The molecule has 1 fully saturated rings. The number of hydrogen-bond acceptors (Lipinski definition) is 6. The highest BCUT2D eigenvalue weighted by atomic mass is 32.2. The van der Waals surface area contributed by atoms with Gasteiger partial charge in [0.15, 0.2) is 0 Å². The maximum absolute atomic E-state index is 13.7. The summed E-state index contributed by atoms with van der Waals surface area (Å²) < 4.78 is 44.9. The minimum absolute atomic E-state index is 0.00464. The Bertz CT molecular complexity index is 1040. The zero-order valence-corrected chi connectivity index (χ0v) is 18.3. The molecule has 0 aromatic heterocycles. The molecule has 1 amide bonds. The predicted octanol–water partition coefficient (Wildman–Crippen LogP) is 3.20. The molecule has 3 rings (SSSR count). The summed E-state index contributed by atoms with van der Waals surface area (Å²) in [6.45, 7) is 1.73. The Labute approximate surface area is 176 Å². The fourth-order valence-electron chi connectivity index (χ4n) is 3.72. The number of hydrogen-bond donors (Lipinski definition) is 1. The molecule has 1 aliphatic rings. The number of carbonyl (C=O) groups excluding carboxylic acids is 1. The zero-order valence-electron chi connectivity index (χ0n) is 17.5. The largest absolute Gasteiger partial charge is 0.497 e. The van der Waals surface area contributed by atoms with E-state index < -0.39 is 16.1 Å². The van der Waals surface area contributed by atoms with Crippen LogP contribution in [0.25, 0.3) is 0 Å². The van der Waals surface area contributed by atoms with Crippen LogP contribution in [0.2, 0.25) is 0 Å². The number of nitrogens with zero attached hydrogens (tertiary/aromatic N) is 1. The zero-order chi connectivity index (χ0) is 21.9. The van der Waals surface area contributed by atoms with Crippen LogP contribution in [0.4, 0.5) is 5.69 Å². The Hall–Kier alpha value is -2.78. The minimum atomic E-state index is -3.92. The number of sulfonamides is 1. The normalized spacial score (nSPS) is 16.9. The summed E-state index contributed by atoms with van der Waals surface area (Å²) in [4.78, 5) is 11.4. The Morgan fingerprint density at radius 3 is 2.37 bits per heavy atom. The molecule has 0 spiro atoms. The number of benzene rings is 2. The molecule has 0 saturated carbocycles. The SMILES string of the molecule is COc1ccc(OC)c([C@@H]2CCCN2S(=O)(=O)c2cc(NC(C)=O)ccc2OC)c1. The van der Waals surface area contributed by atoms with Gasteiger partial charge in [-0.3, -0.25) is 4.79 Å². The highest BCUT2D eigenvalue weighted by molar-refractivity contribution is 7.89. The lowest BCUT2D eigenvalue weighted by Crippen LogP contribution is -2.31. The van der Waals surface area contributed by atoms with Crippen molar-refractivity contribution in [3.05, 3.63) is 42.0 Å². The quantitative estimate of drug-likeness (QED) is 0.719. The number of amides is 1. The lowest BCUT2D eigenvalue weighted by Gasteiger charge is -2.27. The Morgan fingerprint density at radius 1 is 1.03 bits per heavy atom. The molecule has 0 radical (unpaired) electrons. The topological polar surface area (TPSA) is 94.2 Å². The fourth-order valence-corrected chi connectivity index (χ4v) is 5.58. The fraction of sp³-hybridized carbons (Fsp3) is 0.381. The van der Waals surface area contributed by atoms with Gasteiger partial charge in [0.2, 0.25) is 15.9 Å². The van der Waals surface area contributed by atoms with Crippen molar-refractivity contribution in [2.75, 3.05) is 33.2 Å². The maximum Gasteiger partial charge on any atom is 0.247 e. The van der Waals surface area contributed by atoms with Crippen LogP contribution >= 0.6 is 0 Å². The van der Waals surface area contributed by atoms with Gasteiger partial charge in [-0.15, -0.1) is 0 Å². The van der Waals surface area contributed by atoms with Crippen molar-refractivity contribution in [2.24, 2.45) is 0 Å². The summed E-state index contributed by atoms with van der Waals surface area (Å²) in [6, 6.07) is 9.51. The van der Waals surface area contributed by atoms with Crippen LogP contribution in [0.15, 0.2) is 41.3 Å². The first-order chi connectivity index (χ1) is 14.3. The van der Waals surface area contributed by atoms with Crippen LogP contribution in [0.1, 0.15) is 31.4 Å². The molecule has 0 bridgehead atoms. The lowest BCUT2D eigenvalue weighted by molar-refractivity contribution is -0.114. The van der Waals surface area contributed by atoms with E-state index in [1.54, 1.807) is 32.4 Å². The van der Waals surface area contributed by atoms with E-state index in [1.165, 1.54) is 30.5 Å². The summed E-state index contributed by atoms with van der Waals surface area (Å²) in [5.74, 6) is 1.15. The van der Waals surface area contributed by atoms with Gasteiger partial charge in [0.1, 0.15) is 22.1 Å². The van der Waals surface area contributed by atoms with Crippen molar-refractivity contribution < 1.29 is 27.4 Å². The molecular formula is C21H26N2O6S. The van der Waals surface area contributed by atoms with E-state index in [4.69, 9.17) is 14.2 Å². The molecule has 0 aliphatic carbocycles. The van der Waals surface area contributed by atoms with Gasteiger partial charge < -0.3 is 19.5 Å². The van der Waals surface area contributed by atoms with E-state index >= 15 is 0 Å². The van der Waals surface area contributed by atoms with Gasteiger partial charge in [-0.1, -0.05) is 0 Å². The van der Waals surface area contributed by atoms with Gasteiger partial charge in [-0.25, -0.2) is 8.42 Å². The van der Waals surface area contributed by atoms with Crippen molar-refractivity contribution in [3.8, 4) is 17.2 Å². The van der Waals surface area contributed by atoms with E-state index in [1.807, 2.05) is 6.07 Å². The van der Waals surface area contributed by atoms with Crippen LogP contribution in [0, 0.1) is 0 Å². The van der Waals surface area contributed by atoms with E-state index in [0.29, 0.717) is 36.6 Å². The second kappa shape index (κ2) is 8.93. The van der Waals surface area contributed by atoms with Gasteiger partial charge in [-0.2, -0.15) is 4.31 Å². The Morgan fingerprint density at radius 2 is 1.73 bits per heavy atom. The molecule has 8 nitrogen and oxygen atoms in total. The highest BCUT2D eigenvalue weighted by Gasteiger charge is 2.39. The van der Waals surface area contributed by atoms with Crippen LogP contribution in [0.5, 0.6) is 17.2 Å². The van der Waals surface area contributed by atoms with Crippen molar-refractivity contribution in [1.82, 2.24) is 4.31 Å². The van der Waals surface area contributed by atoms with Gasteiger partial charge in [0.05, 0.1) is 27.4 Å². The molecular weight excluding hydrogens is 408 g/mol. The predicted molar refractivity (Wildman–Crippen MR) is 113 cm³/mol. The summed E-state index contributed by atoms with van der Waals surface area (Å²) in [6.07, 6.45) is 1.36. The monoisotopic (exact) mass is 434 g/mol. The number of nitrogens with one attached hydrogen (secondary N) is 1. The molecule has 0 unspecified atom stereocenters. The molecule has 30 heavy (non-hydrogen) atoms. The first-order valence-electron chi connectivity index (χ1n) is 9.51. The molecule has 1 aliphatic heterocycles. The van der Waals surface area contributed by atoms with E-state index in [2.05, 4.69) is 5.32 Å². The van der Waals surface area contributed by atoms with Crippen molar-refractivity contribution in [2.45, 2.75) is 30.7 Å². The van der Waals surface area contributed by atoms with Crippen LogP contribution in [0.3, 0.4) is 0 Å². The van der Waals surface area contributed by atoms with Crippen molar-refractivity contribution >= 4 is 21.6 Å². The van der Waals surface area contributed by atoms with Crippen molar-refractivity contribution in [1.29, 1.82) is 0 Å². The summed E-state index contributed by atoms with van der Waals surface area (Å²) in [7, 11) is 0.612. The molecule has 2 aromatic rings. The van der Waals surface area contributed by atoms with E-state index in [0.717, 1.165) is 5.56 Å². The number of ether oxygens (including phenoxy) is 3. The summed E-state index contributed by atoms with van der Waals surface area (Å²) >= 11 is 0. The minimum Gasteiger partial charge on any atom is -0.497 e. The number of rotatable bonds is 7.